The summed E-state index contributed by atoms with van der Waals surface area (Å²) in [5.41, 5.74) is 1.29. The molecule has 2 saturated heterocycles. The number of amides is 1. The minimum Gasteiger partial charge on any atom is -0.381 e. The fraction of sp³-hybridized carbons (Fsp3) is 0.652. The number of nitrogens with one attached hydrogen (secondary N) is 2. The Morgan fingerprint density at radius 1 is 1.19 bits per heavy atom. The molecule has 1 unspecified atom stereocenters. The summed E-state index contributed by atoms with van der Waals surface area (Å²) in [4.78, 5) is 20.7. The molecule has 0 spiro atoms. The number of guanidine groups is 1. The summed E-state index contributed by atoms with van der Waals surface area (Å²) in [5, 5.41) is 6.99. The zero-order valence-electron chi connectivity index (χ0n) is 18.9. The van der Waals surface area contributed by atoms with Crippen LogP contribution in [-0.2, 0) is 16.0 Å². The van der Waals surface area contributed by atoms with Crippen LogP contribution < -0.4 is 10.6 Å². The molecule has 2 aliphatic rings. The first kappa shape index (κ1) is 25.9. The SMILES string of the molecule is CN(C)C(=O)CN=C(NCCc1ccccc1)NC1CCN(CC2CCOC2)CC1.I. The maximum absolute atomic E-state index is 12.0. The lowest BCUT2D eigenvalue weighted by Crippen LogP contribution is -2.50. The molecule has 0 saturated carbocycles. The standard InChI is InChI=1S/C23H37N5O2.HI/c1-27(2)22(29)16-25-23(24-12-8-19-6-4-3-5-7-19)26-21-9-13-28(14-10-21)17-20-11-15-30-18-20;/h3-7,20-21H,8-18H2,1-2H3,(H2,24,25,26);1H. The molecule has 2 fully saturated rings. The molecular weight excluding hydrogens is 505 g/mol. The van der Waals surface area contributed by atoms with Gasteiger partial charge in [0.1, 0.15) is 6.54 Å². The van der Waals surface area contributed by atoms with Gasteiger partial charge < -0.3 is 25.2 Å². The van der Waals surface area contributed by atoms with Crippen LogP contribution in [0.25, 0.3) is 0 Å². The van der Waals surface area contributed by atoms with E-state index in [9.17, 15) is 4.79 Å². The van der Waals surface area contributed by atoms with Crippen molar-refractivity contribution in [2.75, 3.05) is 60.0 Å². The second kappa shape index (κ2) is 13.9. The van der Waals surface area contributed by atoms with E-state index in [1.165, 1.54) is 12.0 Å². The number of hydrogen-bond acceptors (Lipinski definition) is 4. The number of carbonyl (C=O) groups excluding carboxylic acids is 1. The van der Waals surface area contributed by atoms with Gasteiger partial charge in [0.05, 0.1) is 6.61 Å². The fourth-order valence-corrected chi connectivity index (χ4v) is 3.96. The lowest BCUT2D eigenvalue weighted by Gasteiger charge is -2.34. The number of piperidine rings is 1. The summed E-state index contributed by atoms with van der Waals surface area (Å²) in [5.74, 6) is 1.44. The lowest BCUT2D eigenvalue weighted by atomic mass is 10.0. The molecule has 1 aromatic carbocycles. The van der Waals surface area contributed by atoms with Crippen molar-refractivity contribution in [3.63, 3.8) is 0 Å². The van der Waals surface area contributed by atoms with Gasteiger partial charge in [0, 0.05) is 52.9 Å². The highest BCUT2D eigenvalue weighted by molar-refractivity contribution is 14.0. The Balaban J connectivity index is 0.00000341. The van der Waals surface area contributed by atoms with E-state index in [0.29, 0.717) is 12.0 Å². The third kappa shape index (κ3) is 9.33. The number of likely N-dealkylation sites (N-methyl/N-ethyl adjacent to an activating group) is 1. The average Bonchev–Trinajstić information content (AvgIpc) is 3.26. The normalized spacial score (nSPS) is 20.2. The van der Waals surface area contributed by atoms with Crippen LogP contribution in [0.4, 0.5) is 0 Å². The van der Waals surface area contributed by atoms with Gasteiger partial charge in [-0.25, -0.2) is 4.99 Å². The molecule has 2 N–H and O–H groups in total. The van der Waals surface area contributed by atoms with E-state index in [4.69, 9.17) is 4.74 Å². The third-order valence-corrected chi connectivity index (χ3v) is 5.89. The summed E-state index contributed by atoms with van der Waals surface area (Å²) in [6.45, 7) is 6.13. The van der Waals surface area contributed by atoms with E-state index in [-0.39, 0.29) is 36.4 Å². The molecule has 0 bridgehead atoms. The topological polar surface area (TPSA) is 69.2 Å². The van der Waals surface area contributed by atoms with Crippen molar-refractivity contribution in [3.8, 4) is 0 Å². The molecule has 2 aliphatic heterocycles. The van der Waals surface area contributed by atoms with Crippen LogP contribution >= 0.6 is 24.0 Å². The summed E-state index contributed by atoms with van der Waals surface area (Å²) >= 11 is 0. The van der Waals surface area contributed by atoms with Crippen molar-refractivity contribution in [1.29, 1.82) is 0 Å². The van der Waals surface area contributed by atoms with E-state index in [1.807, 2.05) is 6.07 Å². The van der Waals surface area contributed by atoms with Crippen LogP contribution in [0.5, 0.6) is 0 Å². The highest BCUT2D eigenvalue weighted by Gasteiger charge is 2.24. The Morgan fingerprint density at radius 3 is 2.58 bits per heavy atom. The first-order chi connectivity index (χ1) is 14.6. The van der Waals surface area contributed by atoms with Crippen molar-refractivity contribution in [1.82, 2.24) is 20.4 Å². The highest BCUT2D eigenvalue weighted by atomic mass is 127. The van der Waals surface area contributed by atoms with Crippen molar-refractivity contribution >= 4 is 35.8 Å². The number of nitrogens with zero attached hydrogens (tertiary/aromatic N) is 3. The van der Waals surface area contributed by atoms with Crippen LogP contribution in [-0.4, -0.2) is 87.7 Å². The van der Waals surface area contributed by atoms with Crippen molar-refractivity contribution in [3.05, 3.63) is 35.9 Å². The Morgan fingerprint density at radius 2 is 1.94 bits per heavy atom. The number of benzene rings is 1. The zero-order chi connectivity index (χ0) is 21.2. The molecule has 0 aromatic heterocycles. The fourth-order valence-electron chi connectivity index (χ4n) is 3.96. The smallest absolute Gasteiger partial charge is 0.243 e. The van der Waals surface area contributed by atoms with Gasteiger partial charge in [-0.1, -0.05) is 30.3 Å². The lowest BCUT2D eigenvalue weighted by molar-refractivity contribution is -0.127. The first-order valence-corrected chi connectivity index (χ1v) is 11.2. The van der Waals surface area contributed by atoms with Crippen LogP contribution in [0.1, 0.15) is 24.8 Å². The number of carbonyl (C=O) groups is 1. The average molecular weight is 543 g/mol. The molecule has 7 nitrogen and oxygen atoms in total. The summed E-state index contributed by atoms with van der Waals surface area (Å²) < 4.78 is 5.51. The summed E-state index contributed by atoms with van der Waals surface area (Å²) in [7, 11) is 3.53. The molecule has 174 valence electrons. The number of ether oxygens (including phenoxy) is 1. The molecule has 1 atom stereocenters. The quantitative estimate of drug-likeness (QED) is 0.298. The third-order valence-electron chi connectivity index (χ3n) is 5.89. The van der Waals surface area contributed by atoms with E-state index in [0.717, 1.165) is 64.6 Å². The Hall–Kier alpha value is -1.39. The van der Waals surface area contributed by atoms with Crippen LogP contribution in [0.3, 0.4) is 0 Å². The molecule has 0 radical (unpaired) electrons. The first-order valence-electron chi connectivity index (χ1n) is 11.2. The highest BCUT2D eigenvalue weighted by Crippen LogP contribution is 2.17. The molecule has 2 heterocycles. The molecule has 0 aliphatic carbocycles. The van der Waals surface area contributed by atoms with E-state index < -0.39 is 0 Å². The Kier molecular flexibility index (Phi) is 11.6. The van der Waals surface area contributed by atoms with E-state index in [1.54, 1.807) is 19.0 Å². The monoisotopic (exact) mass is 543 g/mol. The van der Waals surface area contributed by atoms with Gasteiger partial charge in [-0.3, -0.25) is 4.79 Å². The maximum Gasteiger partial charge on any atom is 0.243 e. The largest absolute Gasteiger partial charge is 0.381 e. The van der Waals surface area contributed by atoms with Crippen LogP contribution in [0, 0.1) is 5.92 Å². The van der Waals surface area contributed by atoms with Gasteiger partial charge in [0.25, 0.3) is 0 Å². The zero-order valence-corrected chi connectivity index (χ0v) is 21.2. The Labute approximate surface area is 204 Å². The summed E-state index contributed by atoms with van der Waals surface area (Å²) in [6.07, 6.45) is 4.30. The molecular formula is C23H38IN5O2. The number of hydrogen-bond donors (Lipinski definition) is 2. The Bertz CT molecular complexity index is 672. The van der Waals surface area contributed by atoms with Crippen LogP contribution in [0.2, 0.25) is 0 Å². The summed E-state index contributed by atoms with van der Waals surface area (Å²) in [6, 6.07) is 10.8. The van der Waals surface area contributed by atoms with Crippen molar-refractivity contribution in [2.24, 2.45) is 10.9 Å². The maximum atomic E-state index is 12.0. The number of likely N-dealkylation sites (tertiary alicyclic amines) is 1. The number of rotatable bonds is 8. The molecule has 3 rings (SSSR count). The van der Waals surface area contributed by atoms with E-state index >= 15 is 0 Å². The predicted octanol–water partition coefficient (Wildman–Crippen LogP) is 1.97. The molecule has 1 amide bonds. The van der Waals surface area contributed by atoms with Crippen molar-refractivity contribution < 1.29 is 9.53 Å². The van der Waals surface area contributed by atoms with Gasteiger partial charge in [-0.15, -0.1) is 24.0 Å². The van der Waals surface area contributed by atoms with Gasteiger partial charge in [-0.2, -0.15) is 0 Å². The second-order valence-electron chi connectivity index (χ2n) is 8.56. The predicted molar refractivity (Wildman–Crippen MR) is 136 cm³/mol. The van der Waals surface area contributed by atoms with Gasteiger partial charge in [-0.05, 0) is 37.2 Å². The van der Waals surface area contributed by atoms with Crippen molar-refractivity contribution in [2.45, 2.75) is 31.7 Å². The number of halogens is 1. The molecule has 1 aromatic rings. The molecule has 8 heteroatoms. The van der Waals surface area contributed by atoms with Gasteiger partial charge in [0.2, 0.25) is 5.91 Å². The molecule has 31 heavy (non-hydrogen) atoms. The van der Waals surface area contributed by atoms with Gasteiger partial charge >= 0.3 is 0 Å². The number of aliphatic imine (C=N–C) groups is 1. The van der Waals surface area contributed by atoms with E-state index in [2.05, 4.69) is 44.8 Å². The minimum atomic E-state index is 0. The second-order valence-corrected chi connectivity index (χ2v) is 8.56. The minimum absolute atomic E-state index is 0. The van der Waals surface area contributed by atoms with Crippen LogP contribution in [0.15, 0.2) is 35.3 Å². The van der Waals surface area contributed by atoms with Gasteiger partial charge in [0.15, 0.2) is 5.96 Å².